The Morgan fingerprint density at radius 3 is 1.68 bits per heavy atom. The molecule has 1 aromatic rings. The Morgan fingerprint density at radius 1 is 0.727 bits per heavy atom. The smallest absolute Gasteiger partial charge is 0.200 e. The molecular weight excluding hydrogens is 299 g/mol. The predicted octanol–water partition coefficient (Wildman–Crippen LogP) is 6.17. The zero-order chi connectivity index (χ0) is 16.9. The highest BCUT2D eigenvalue weighted by Gasteiger charge is 2.26. The van der Waals surface area contributed by atoms with Crippen molar-refractivity contribution in [3.8, 4) is 0 Å². The van der Waals surface area contributed by atoms with Gasteiger partial charge in [0.05, 0.1) is 0 Å². The first kappa shape index (κ1) is 18.9. The normalized spacial score (nSPS) is 14.2. The van der Waals surface area contributed by atoms with Gasteiger partial charge in [0, 0.05) is 5.56 Å². The van der Waals surface area contributed by atoms with E-state index in [2.05, 4.69) is 13.8 Å². The van der Waals surface area contributed by atoms with Crippen LogP contribution in [0.5, 0.6) is 0 Å². The summed E-state index contributed by atoms with van der Waals surface area (Å²) in [5.41, 5.74) is -0.701. The average molecular weight is 322 g/mol. The van der Waals surface area contributed by atoms with E-state index in [-0.39, 0.29) is 12.3 Å². The van der Waals surface area contributed by atoms with Gasteiger partial charge in [-0.25, -0.2) is 22.0 Å². The fraction of sp³-hybridized carbons (Fsp3) is 0.647. The Balaban J connectivity index is 2.79. The lowest BCUT2D eigenvalue weighted by molar-refractivity contribution is 0.350. The minimum absolute atomic E-state index is 0.140. The van der Waals surface area contributed by atoms with Crippen molar-refractivity contribution in [2.24, 2.45) is 11.8 Å². The van der Waals surface area contributed by atoms with E-state index < -0.39 is 34.6 Å². The van der Waals surface area contributed by atoms with Crippen molar-refractivity contribution >= 4 is 0 Å². The lowest BCUT2D eigenvalue weighted by Crippen LogP contribution is -2.12. The molecule has 0 aliphatic heterocycles. The van der Waals surface area contributed by atoms with Crippen LogP contribution in [0.4, 0.5) is 22.0 Å². The first-order valence-electron chi connectivity index (χ1n) is 7.83. The molecule has 0 aromatic heterocycles. The second kappa shape index (κ2) is 8.49. The highest BCUT2D eigenvalue weighted by atomic mass is 19.2. The molecule has 1 rings (SSSR count). The summed E-state index contributed by atoms with van der Waals surface area (Å²) < 4.78 is 66.6. The maximum atomic E-state index is 13.6. The van der Waals surface area contributed by atoms with Crippen LogP contribution in [0.25, 0.3) is 0 Å². The lowest BCUT2D eigenvalue weighted by atomic mass is 9.88. The summed E-state index contributed by atoms with van der Waals surface area (Å²) in [6.07, 6.45) is 4.66. The molecule has 2 atom stereocenters. The molecule has 0 bridgehead atoms. The van der Waals surface area contributed by atoms with E-state index >= 15 is 0 Å². The molecule has 1 aromatic carbocycles. The van der Waals surface area contributed by atoms with Gasteiger partial charge in [-0.2, -0.15) is 0 Å². The van der Waals surface area contributed by atoms with Crippen LogP contribution in [0.15, 0.2) is 0 Å². The van der Waals surface area contributed by atoms with Crippen LogP contribution in [0.3, 0.4) is 0 Å². The minimum Gasteiger partial charge on any atom is -0.203 e. The standard InChI is InChI=1S/C17H23F5/c1-4-6-11(5-2)8-7-10(3)9-12-13(18)15(20)17(22)16(21)14(12)19/h10-11H,4-9H2,1-3H3. The van der Waals surface area contributed by atoms with Crippen molar-refractivity contribution in [3.63, 3.8) is 0 Å². The molecule has 0 spiro atoms. The molecule has 5 heteroatoms. The van der Waals surface area contributed by atoms with E-state index in [1.54, 1.807) is 6.92 Å². The van der Waals surface area contributed by atoms with Crippen LogP contribution in [0.1, 0.15) is 58.4 Å². The van der Waals surface area contributed by atoms with Crippen molar-refractivity contribution in [3.05, 3.63) is 34.6 Å². The second-order valence-electron chi connectivity index (χ2n) is 6.00. The van der Waals surface area contributed by atoms with Crippen molar-refractivity contribution in [2.75, 3.05) is 0 Å². The molecule has 0 heterocycles. The lowest BCUT2D eigenvalue weighted by Gasteiger charge is -2.18. The van der Waals surface area contributed by atoms with Gasteiger partial charge < -0.3 is 0 Å². The van der Waals surface area contributed by atoms with Gasteiger partial charge in [0.25, 0.3) is 0 Å². The van der Waals surface area contributed by atoms with E-state index in [9.17, 15) is 22.0 Å². The number of halogens is 5. The molecule has 2 unspecified atom stereocenters. The Bertz CT molecular complexity index is 469. The Hall–Kier alpha value is -1.13. The van der Waals surface area contributed by atoms with Crippen LogP contribution < -0.4 is 0 Å². The maximum Gasteiger partial charge on any atom is 0.200 e. The van der Waals surface area contributed by atoms with Crippen molar-refractivity contribution < 1.29 is 22.0 Å². The van der Waals surface area contributed by atoms with Crippen LogP contribution in [-0.4, -0.2) is 0 Å². The van der Waals surface area contributed by atoms with Gasteiger partial charge in [-0.15, -0.1) is 0 Å². The first-order valence-corrected chi connectivity index (χ1v) is 7.83. The van der Waals surface area contributed by atoms with Gasteiger partial charge in [-0.05, 0) is 18.3 Å². The third-order valence-electron chi connectivity index (χ3n) is 4.20. The third kappa shape index (κ3) is 4.43. The van der Waals surface area contributed by atoms with Crippen LogP contribution in [0.2, 0.25) is 0 Å². The fourth-order valence-corrected chi connectivity index (χ4v) is 2.76. The average Bonchev–Trinajstić information content (AvgIpc) is 2.51. The van der Waals surface area contributed by atoms with E-state index in [1.807, 2.05) is 0 Å². The van der Waals surface area contributed by atoms with Gasteiger partial charge in [-0.1, -0.05) is 52.9 Å². The van der Waals surface area contributed by atoms with Gasteiger partial charge >= 0.3 is 0 Å². The minimum atomic E-state index is -2.10. The number of benzene rings is 1. The molecule has 22 heavy (non-hydrogen) atoms. The van der Waals surface area contributed by atoms with Crippen LogP contribution in [-0.2, 0) is 6.42 Å². The van der Waals surface area contributed by atoms with Gasteiger partial charge in [0.2, 0.25) is 5.82 Å². The van der Waals surface area contributed by atoms with Crippen LogP contribution in [0, 0.1) is 40.9 Å². The molecule has 0 amide bonds. The van der Waals surface area contributed by atoms with Gasteiger partial charge in [0.15, 0.2) is 23.3 Å². The Morgan fingerprint density at radius 2 is 1.23 bits per heavy atom. The topological polar surface area (TPSA) is 0 Å². The zero-order valence-corrected chi connectivity index (χ0v) is 13.3. The molecule has 0 radical (unpaired) electrons. The molecule has 0 saturated heterocycles. The van der Waals surface area contributed by atoms with E-state index in [0.717, 1.165) is 25.7 Å². The van der Waals surface area contributed by atoms with Crippen molar-refractivity contribution in [2.45, 2.75) is 59.3 Å². The summed E-state index contributed by atoms with van der Waals surface area (Å²) in [5.74, 6) is -8.83. The largest absolute Gasteiger partial charge is 0.203 e. The highest BCUT2D eigenvalue weighted by Crippen LogP contribution is 2.27. The summed E-state index contributed by atoms with van der Waals surface area (Å²) in [5, 5.41) is 0. The molecule has 0 aliphatic carbocycles. The summed E-state index contributed by atoms with van der Waals surface area (Å²) in [7, 11) is 0. The first-order chi connectivity index (χ1) is 10.3. The summed E-state index contributed by atoms with van der Waals surface area (Å²) in [4.78, 5) is 0. The van der Waals surface area contributed by atoms with Gasteiger partial charge in [-0.3, -0.25) is 0 Å². The monoisotopic (exact) mass is 322 g/mol. The highest BCUT2D eigenvalue weighted by molar-refractivity contribution is 5.24. The quantitative estimate of drug-likeness (QED) is 0.305. The summed E-state index contributed by atoms with van der Waals surface area (Å²) in [6, 6.07) is 0. The molecule has 0 aliphatic rings. The molecule has 0 saturated carbocycles. The predicted molar refractivity (Wildman–Crippen MR) is 77.0 cm³/mol. The van der Waals surface area contributed by atoms with Crippen LogP contribution >= 0.6 is 0 Å². The Kier molecular flexibility index (Phi) is 7.30. The Labute approximate surface area is 128 Å². The summed E-state index contributed by atoms with van der Waals surface area (Å²) >= 11 is 0. The van der Waals surface area contributed by atoms with E-state index in [4.69, 9.17) is 0 Å². The van der Waals surface area contributed by atoms with Gasteiger partial charge in [0.1, 0.15) is 0 Å². The third-order valence-corrected chi connectivity index (χ3v) is 4.20. The van der Waals surface area contributed by atoms with Crippen molar-refractivity contribution in [1.29, 1.82) is 0 Å². The molecule has 0 N–H and O–H groups in total. The summed E-state index contributed by atoms with van der Waals surface area (Å²) in [6.45, 7) is 5.96. The molecular formula is C17H23F5. The zero-order valence-electron chi connectivity index (χ0n) is 13.3. The molecule has 0 nitrogen and oxygen atoms in total. The fourth-order valence-electron chi connectivity index (χ4n) is 2.76. The molecule has 126 valence electrons. The molecule has 0 fully saturated rings. The van der Waals surface area contributed by atoms with E-state index in [0.29, 0.717) is 12.3 Å². The second-order valence-corrected chi connectivity index (χ2v) is 6.00. The van der Waals surface area contributed by atoms with Crippen molar-refractivity contribution in [1.82, 2.24) is 0 Å². The maximum absolute atomic E-state index is 13.6. The number of hydrogen-bond donors (Lipinski definition) is 0. The number of hydrogen-bond acceptors (Lipinski definition) is 0. The van der Waals surface area contributed by atoms with E-state index in [1.165, 1.54) is 0 Å². The SMILES string of the molecule is CCCC(CC)CCC(C)Cc1c(F)c(F)c(F)c(F)c1F. The number of rotatable bonds is 8.